The first-order chi connectivity index (χ1) is 9.82. The number of carbonyl (C=O) groups is 1. The smallest absolute Gasteiger partial charge is 0.254 e. The number of amides is 1. The standard InChI is InChI=1S/C13H13BrClN5O/c1-6-4-3-5-7(14)8(6)10-9(11(16)21)12(20(2)17)19-13(15)18-10/h3-5H,17H2,1-2H3,(H2,16,21). The van der Waals surface area contributed by atoms with E-state index in [4.69, 9.17) is 23.2 Å². The van der Waals surface area contributed by atoms with Gasteiger partial charge in [-0.3, -0.25) is 9.80 Å². The summed E-state index contributed by atoms with van der Waals surface area (Å²) < 4.78 is 0.769. The van der Waals surface area contributed by atoms with Gasteiger partial charge in [-0.15, -0.1) is 0 Å². The second-order valence-electron chi connectivity index (χ2n) is 4.45. The van der Waals surface area contributed by atoms with Crippen molar-refractivity contribution >= 4 is 39.3 Å². The fourth-order valence-electron chi connectivity index (χ4n) is 2.02. The van der Waals surface area contributed by atoms with Gasteiger partial charge in [0.25, 0.3) is 5.91 Å². The quantitative estimate of drug-likeness (QED) is 0.491. The van der Waals surface area contributed by atoms with Crippen LogP contribution in [0.5, 0.6) is 0 Å². The summed E-state index contributed by atoms with van der Waals surface area (Å²) in [6, 6.07) is 5.62. The molecule has 0 atom stereocenters. The molecule has 0 aliphatic heterocycles. The highest BCUT2D eigenvalue weighted by Crippen LogP contribution is 2.35. The van der Waals surface area contributed by atoms with Gasteiger partial charge < -0.3 is 5.73 Å². The third kappa shape index (κ3) is 2.99. The van der Waals surface area contributed by atoms with Crippen molar-refractivity contribution in [3.8, 4) is 11.3 Å². The van der Waals surface area contributed by atoms with Crippen LogP contribution in [0.15, 0.2) is 22.7 Å². The van der Waals surface area contributed by atoms with Crippen molar-refractivity contribution in [1.82, 2.24) is 9.97 Å². The van der Waals surface area contributed by atoms with Crippen molar-refractivity contribution < 1.29 is 4.79 Å². The summed E-state index contributed by atoms with van der Waals surface area (Å²) in [6.45, 7) is 1.90. The summed E-state index contributed by atoms with van der Waals surface area (Å²) in [6.07, 6.45) is 0. The first-order valence-electron chi connectivity index (χ1n) is 5.94. The van der Waals surface area contributed by atoms with E-state index in [1.807, 2.05) is 25.1 Å². The Balaban J connectivity index is 2.89. The number of nitrogens with two attached hydrogens (primary N) is 2. The van der Waals surface area contributed by atoms with Crippen LogP contribution in [-0.2, 0) is 0 Å². The molecule has 4 N–H and O–H groups in total. The average Bonchev–Trinajstić information content (AvgIpc) is 2.37. The van der Waals surface area contributed by atoms with Gasteiger partial charge in [-0.2, -0.15) is 4.98 Å². The fraction of sp³-hybridized carbons (Fsp3) is 0.154. The largest absolute Gasteiger partial charge is 0.365 e. The Kier molecular flexibility index (Phi) is 4.46. The molecule has 6 nitrogen and oxygen atoms in total. The van der Waals surface area contributed by atoms with Crippen LogP contribution < -0.4 is 16.6 Å². The second-order valence-corrected chi connectivity index (χ2v) is 5.64. The van der Waals surface area contributed by atoms with E-state index in [9.17, 15) is 4.79 Å². The molecule has 1 aromatic heterocycles. The summed E-state index contributed by atoms with van der Waals surface area (Å²) >= 11 is 9.41. The van der Waals surface area contributed by atoms with Gasteiger partial charge in [0.05, 0.1) is 5.69 Å². The Bertz CT molecular complexity index is 700. The second kappa shape index (κ2) is 5.97. The Morgan fingerprint density at radius 2 is 2.05 bits per heavy atom. The number of aromatic nitrogens is 2. The molecule has 0 fully saturated rings. The van der Waals surface area contributed by atoms with E-state index in [-0.39, 0.29) is 16.7 Å². The highest BCUT2D eigenvalue weighted by atomic mass is 79.9. The maximum Gasteiger partial charge on any atom is 0.254 e. The lowest BCUT2D eigenvalue weighted by atomic mass is 10.0. The van der Waals surface area contributed by atoms with Gasteiger partial charge in [0.15, 0.2) is 5.82 Å². The minimum atomic E-state index is -0.677. The van der Waals surface area contributed by atoms with Crippen LogP contribution in [0, 0.1) is 6.92 Å². The summed E-state index contributed by atoms with van der Waals surface area (Å²) in [5.74, 6) is 5.21. The number of anilines is 1. The van der Waals surface area contributed by atoms with Crippen LogP contribution in [-0.4, -0.2) is 22.9 Å². The van der Waals surface area contributed by atoms with Crippen LogP contribution in [0.4, 0.5) is 5.82 Å². The van der Waals surface area contributed by atoms with Gasteiger partial charge in [-0.25, -0.2) is 10.8 Å². The van der Waals surface area contributed by atoms with Crippen LogP contribution in [0.25, 0.3) is 11.3 Å². The minimum Gasteiger partial charge on any atom is -0.365 e. The molecule has 0 aliphatic carbocycles. The monoisotopic (exact) mass is 369 g/mol. The summed E-state index contributed by atoms with van der Waals surface area (Å²) in [7, 11) is 1.54. The molecule has 110 valence electrons. The minimum absolute atomic E-state index is 0.0162. The normalized spacial score (nSPS) is 10.5. The molecule has 1 aromatic carbocycles. The number of rotatable bonds is 3. The van der Waals surface area contributed by atoms with Crippen molar-refractivity contribution in [3.05, 3.63) is 39.1 Å². The van der Waals surface area contributed by atoms with Gasteiger partial charge in [0.2, 0.25) is 5.28 Å². The molecule has 8 heteroatoms. The van der Waals surface area contributed by atoms with Crippen LogP contribution in [0.2, 0.25) is 5.28 Å². The SMILES string of the molecule is Cc1cccc(Br)c1-c1nc(Cl)nc(N(C)N)c1C(N)=O. The fourth-order valence-corrected chi connectivity index (χ4v) is 2.83. The molecule has 0 saturated heterocycles. The predicted molar refractivity (Wildman–Crippen MR) is 86.0 cm³/mol. The van der Waals surface area contributed by atoms with Crippen molar-refractivity contribution in [2.24, 2.45) is 11.6 Å². The lowest BCUT2D eigenvalue weighted by molar-refractivity contribution is 0.100. The lowest BCUT2D eigenvalue weighted by Crippen LogP contribution is -2.30. The third-order valence-electron chi connectivity index (χ3n) is 2.90. The average molecular weight is 371 g/mol. The Morgan fingerprint density at radius 3 is 2.57 bits per heavy atom. The highest BCUT2D eigenvalue weighted by Gasteiger charge is 2.23. The zero-order chi connectivity index (χ0) is 15.7. The van der Waals surface area contributed by atoms with Gasteiger partial charge in [-0.05, 0) is 30.2 Å². The molecule has 0 spiro atoms. The molecule has 2 aromatic rings. The number of halogens is 2. The van der Waals surface area contributed by atoms with Gasteiger partial charge >= 0.3 is 0 Å². The first-order valence-corrected chi connectivity index (χ1v) is 7.11. The van der Waals surface area contributed by atoms with Gasteiger partial charge in [-0.1, -0.05) is 28.1 Å². The topological polar surface area (TPSA) is 98.1 Å². The molecule has 0 aliphatic rings. The van der Waals surface area contributed by atoms with E-state index in [2.05, 4.69) is 25.9 Å². The molecule has 0 radical (unpaired) electrons. The molecular formula is C13H13BrClN5O. The van der Waals surface area contributed by atoms with Crippen molar-refractivity contribution in [1.29, 1.82) is 0 Å². The molecule has 21 heavy (non-hydrogen) atoms. The van der Waals surface area contributed by atoms with Gasteiger partial charge in [0, 0.05) is 17.1 Å². The number of benzene rings is 1. The molecule has 1 heterocycles. The van der Waals surface area contributed by atoms with E-state index in [1.165, 1.54) is 5.01 Å². The number of hydrazine groups is 1. The number of aryl methyl sites for hydroxylation is 1. The van der Waals surface area contributed by atoms with Gasteiger partial charge in [0.1, 0.15) is 5.56 Å². The summed E-state index contributed by atoms with van der Waals surface area (Å²) in [5, 5.41) is 1.17. The number of carbonyl (C=O) groups excluding carboxylic acids is 1. The third-order valence-corrected chi connectivity index (χ3v) is 3.73. The van der Waals surface area contributed by atoms with E-state index < -0.39 is 5.91 Å². The molecule has 0 bridgehead atoms. The van der Waals surface area contributed by atoms with E-state index in [0.717, 1.165) is 15.6 Å². The van der Waals surface area contributed by atoms with E-state index in [0.29, 0.717) is 5.69 Å². The Hall–Kier alpha value is -1.70. The molecule has 0 saturated carbocycles. The Labute approximate surface area is 135 Å². The molecule has 2 rings (SSSR count). The number of primary amides is 1. The van der Waals surface area contributed by atoms with Crippen molar-refractivity contribution in [2.75, 3.05) is 12.1 Å². The number of nitrogens with zero attached hydrogens (tertiary/aromatic N) is 3. The zero-order valence-corrected chi connectivity index (χ0v) is 13.7. The molecule has 0 unspecified atom stereocenters. The predicted octanol–water partition coefficient (Wildman–Crippen LogP) is 2.28. The van der Waals surface area contributed by atoms with Crippen LogP contribution >= 0.6 is 27.5 Å². The number of hydrogen-bond acceptors (Lipinski definition) is 5. The van der Waals surface area contributed by atoms with Crippen molar-refractivity contribution in [2.45, 2.75) is 6.92 Å². The highest BCUT2D eigenvalue weighted by molar-refractivity contribution is 9.10. The van der Waals surface area contributed by atoms with Crippen LogP contribution in [0.1, 0.15) is 15.9 Å². The molecule has 1 amide bonds. The van der Waals surface area contributed by atoms with E-state index in [1.54, 1.807) is 7.05 Å². The maximum absolute atomic E-state index is 11.9. The van der Waals surface area contributed by atoms with E-state index >= 15 is 0 Å². The molecular weight excluding hydrogens is 358 g/mol. The van der Waals surface area contributed by atoms with Crippen LogP contribution in [0.3, 0.4) is 0 Å². The number of hydrogen-bond donors (Lipinski definition) is 2. The van der Waals surface area contributed by atoms with Crippen molar-refractivity contribution in [3.63, 3.8) is 0 Å². The zero-order valence-electron chi connectivity index (χ0n) is 11.4. The summed E-state index contributed by atoms with van der Waals surface area (Å²) in [5.41, 5.74) is 7.58. The maximum atomic E-state index is 11.9. The lowest BCUT2D eigenvalue weighted by Gasteiger charge is -2.18. The first kappa shape index (κ1) is 15.7. The Morgan fingerprint density at radius 1 is 1.38 bits per heavy atom. The summed E-state index contributed by atoms with van der Waals surface area (Å²) in [4.78, 5) is 20.0.